The van der Waals surface area contributed by atoms with E-state index in [1.165, 1.54) is 12.1 Å². The maximum atomic E-state index is 12.8. The van der Waals surface area contributed by atoms with E-state index < -0.39 is 22.0 Å². The summed E-state index contributed by atoms with van der Waals surface area (Å²) in [5.41, 5.74) is 2.22. The number of nitrogens with one attached hydrogen (secondary N) is 2. The lowest BCUT2D eigenvalue weighted by Crippen LogP contribution is -2.20. The minimum absolute atomic E-state index is 0.136. The molecule has 3 aromatic carbocycles. The third kappa shape index (κ3) is 6.75. The molecule has 12 nitrogen and oxygen atoms in total. The minimum Gasteiger partial charge on any atom is -0.322 e. The monoisotopic (exact) mass is 466 g/mol. The van der Waals surface area contributed by atoms with Crippen LogP contribution in [0.1, 0.15) is 31.8 Å². The SMILES string of the molecule is O=C(Nc1ccc(CO[N+](=O)[O-])cc1)c1ccccc1C(=O)Nc1ccc(CO[N+](=O)[O-])cc1. The van der Waals surface area contributed by atoms with Crippen molar-refractivity contribution >= 4 is 23.2 Å². The summed E-state index contributed by atoms with van der Waals surface area (Å²) < 4.78 is 0. The Kier molecular flexibility index (Phi) is 7.68. The summed E-state index contributed by atoms with van der Waals surface area (Å²) in [6.45, 7) is -0.429. The Bertz CT molecular complexity index is 1100. The fraction of sp³-hybridized carbons (Fsp3) is 0.0909. The third-order valence-electron chi connectivity index (χ3n) is 4.51. The van der Waals surface area contributed by atoms with Crippen molar-refractivity contribution in [3.63, 3.8) is 0 Å². The highest BCUT2D eigenvalue weighted by Gasteiger charge is 2.17. The van der Waals surface area contributed by atoms with Crippen molar-refractivity contribution in [1.29, 1.82) is 0 Å². The predicted octanol–water partition coefficient (Wildman–Crippen LogP) is 3.61. The van der Waals surface area contributed by atoms with Gasteiger partial charge in [0.05, 0.1) is 11.1 Å². The van der Waals surface area contributed by atoms with Crippen molar-refractivity contribution in [1.82, 2.24) is 0 Å². The number of carbonyl (C=O) groups is 2. The molecule has 0 unspecified atom stereocenters. The molecular formula is C22H18N4O8. The Morgan fingerprint density at radius 1 is 0.647 bits per heavy atom. The summed E-state index contributed by atoms with van der Waals surface area (Å²) in [6.07, 6.45) is 0. The lowest BCUT2D eigenvalue weighted by molar-refractivity contribution is -0.763. The molecule has 3 aromatic rings. The van der Waals surface area contributed by atoms with Crippen molar-refractivity contribution in [2.45, 2.75) is 13.2 Å². The molecule has 0 fully saturated rings. The first-order valence-corrected chi connectivity index (χ1v) is 9.76. The quantitative estimate of drug-likeness (QED) is 0.338. The van der Waals surface area contributed by atoms with Gasteiger partial charge in [-0.15, -0.1) is 20.2 Å². The Balaban J connectivity index is 1.66. The summed E-state index contributed by atoms with van der Waals surface area (Å²) in [4.78, 5) is 54.7. The topological polar surface area (TPSA) is 163 Å². The van der Waals surface area contributed by atoms with Gasteiger partial charge in [-0.25, -0.2) is 0 Å². The van der Waals surface area contributed by atoms with Gasteiger partial charge in [-0.1, -0.05) is 36.4 Å². The van der Waals surface area contributed by atoms with Crippen LogP contribution in [0.15, 0.2) is 72.8 Å². The van der Waals surface area contributed by atoms with Crippen LogP contribution in [-0.4, -0.2) is 22.0 Å². The molecule has 34 heavy (non-hydrogen) atoms. The van der Waals surface area contributed by atoms with Crippen molar-refractivity contribution < 1.29 is 29.4 Å². The van der Waals surface area contributed by atoms with Crippen LogP contribution in [0.2, 0.25) is 0 Å². The molecule has 0 saturated carbocycles. The molecule has 0 aliphatic carbocycles. The molecule has 0 heterocycles. The molecule has 0 atom stereocenters. The predicted molar refractivity (Wildman–Crippen MR) is 119 cm³/mol. The lowest BCUT2D eigenvalue weighted by Gasteiger charge is -2.11. The highest BCUT2D eigenvalue weighted by atomic mass is 17.0. The fourth-order valence-electron chi connectivity index (χ4n) is 2.90. The van der Waals surface area contributed by atoms with E-state index in [0.29, 0.717) is 22.5 Å². The van der Waals surface area contributed by atoms with Gasteiger partial charge in [0.2, 0.25) is 0 Å². The van der Waals surface area contributed by atoms with Crippen LogP contribution in [0.25, 0.3) is 0 Å². The Hall–Kier alpha value is -5.00. The first kappa shape index (κ1) is 23.7. The van der Waals surface area contributed by atoms with Crippen LogP contribution < -0.4 is 10.6 Å². The Labute approximate surface area is 192 Å². The molecular weight excluding hydrogens is 448 g/mol. The van der Waals surface area contributed by atoms with E-state index in [1.54, 1.807) is 60.7 Å². The second-order valence-electron chi connectivity index (χ2n) is 6.84. The van der Waals surface area contributed by atoms with Gasteiger partial charge in [-0.2, -0.15) is 0 Å². The van der Waals surface area contributed by atoms with Crippen molar-refractivity contribution in [3.8, 4) is 0 Å². The highest BCUT2D eigenvalue weighted by molar-refractivity contribution is 6.15. The molecule has 0 aliphatic heterocycles. The van der Waals surface area contributed by atoms with Crippen LogP contribution >= 0.6 is 0 Å². The largest absolute Gasteiger partial charge is 0.322 e. The van der Waals surface area contributed by atoms with E-state index in [-0.39, 0.29) is 24.3 Å². The van der Waals surface area contributed by atoms with Gasteiger partial charge >= 0.3 is 0 Å². The van der Waals surface area contributed by atoms with E-state index in [0.717, 1.165) is 0 Å². The van der Waals surface area contributed by atoms with E-state index in [1.807, 2.05) is 0 Å². The lowest BCUT2D eigenvalue weighted by atomic mass is 10.1. The van der Waals surface area contributed by atoms with Gasteiger partial charge in [-0.3, -0.25) is 9.59 Å². The standard InChI is InChI=1S/C22H18N4O8/c27-21(23-17-9-5-15(6-10-17)13-33-25(29)30)19-3-1-2-4-20(19)22(28)24-18-11-7-16(8-12-18)14-34-26(31)32/h1-12H,13-14H2,(H,23,27)(H,24,28). The van der Waals surface area contributed by atoms with E-state index in [9.17, 15) is 29.8 Å². The van der Waals surface area contributed by atoms with Gasteiger partial charge < -0.3 is 20.3 Å². The fourth-order valence-corrected chi connectivity index (χ4v) is 2.90. The molecule has 0 spiro atoms. The summed E-state index contributed by atoms with van der Waals surface area (Å²) in [7, 11) is 0. The van der Waals surface area contributed by atoms with Crippen molar-refractivity contribution in [3.05, 3.63) is 115 Å². The third-order valence-corrected chi connectivity index (χ3v) is 4.51. The number of carbonyl (C=O) groups excluding carboxylic acids is 2. The van der Waals surface area contributed by atoms with Gasteiger partial charge in [0, 0.05) is 11.4 Å². The molecule has 0 saturated heterocycles. The van der Waals surface area contributed by atoms with Crippen molar-refractivity contribution in [2.24, 2.45) is 0 Å². The molecule has 0 aliphatic rings. The first-order valence-electron chi connectivity index (χ1n) is 9.76. The number of rotatable bonds is 10. The number of hydrogen-bond acceptors (Lipinski definition) is 8. The normalized spacial score (nSPS) is 10.1. The van der Waals surface area contributed by atoms with Crippen molar-refractivity contribution in [2.75, 3.05) is 10.6 Å². The maximum Gasteiger partial charge on any atom is 0.294 e. The molecule has 0 bridgehead atoms. The summed E-state index contributed by atoms with van der Waals surface area (Å²) in [6, 6.07) is 18.7. The van der Waals surface area contributed by atoms with Gasteiger partial charge in [0.25, 0.3) is 22.0 Å². The zero-order valence-corrected chi connectivity index (χ0v) is 17.5. The van der Waals surface area contributed by atoms with Crippen LogP contribution in [0, 0.1) is 20.2 Å². The molecule has 2 amide bonds. The zero-order chi connectivity index (χ0) is 24.5. The van der Waals surface area contributed by atoms with Crippen LogP contribution in [0.4, 0.5) is 11.4 Å². The average molecular weight is 466 g/mol. The van der Waals surface area contributed by atoms with Crippen LogP contribution in [-0.2, 0) is 22.9 Å². The van der Waals surface area contributed by atoms with E-state index in [2.05, 4.69) is 20.3 Å². The number of anilines is 2. The molecule has 2 N–H and O–H groups in total. The van der Waals surface area contributed by atoms with Gasteiger partial charge in [-0.05, 0) is 47.5 Å². The number of amides is 2. The minimum atomic E-state index is -0.892. The van der Waals surface area contributed by atoms with Crippen LogP contribution in [0.3, 0.4) is 0 Å². The Morgan fingerprint density at radius 2 is 1.00 bits per heavy atom. The second-order valence-corrected chi connectivity index (χ2v) is 6.84. The van der Waals surface area contributed by atoms with E-state index in [4.69, 9.17) is 0 Å². The smallest absolute Gasteiger partial charge is 0.294 e. The summed E-state index contributed by atoms with van der Waals surface area (Å²) >= 11 is 0. The zero-order valence-electron chi connectivity index (χ0n) is 17.5. The summed E-state index contributed by atoms with van der Waals surface area (Å²) in [5, 5.41) is 24.1. The highest BCUT2D eigenvalue weighted by Crippen LogP contribution is 2.17. The molecule has 0 radical (unpaired) electrons. The number of hydrogen-bond donors (Lipinski definition) is 2. The van der Waals surface area contributed by atoms with Gasteiger partial charge in [0.15, 0.2) is 0 Å². The molecule has 3 rings (SSSR count). The van der Waals surface area contributed by atoms with Crippen LogP contribution in [0.5, 0.6) is 0 Å². The average Bonchev–Trinajstić information content (AvgIpc) is 2.83. The molecule has 174 valence electrons. The molecule has 0 aromatic heterocycles. The van der Waals surface area contributed by atoms with E-state index >= 15 is 0 Å². The number of nitrogens with zero attached hydrogens (tertiary/aromatic N) is 2. The molecule has 12 heteroatoms. The first-order chi connectivity index (χ1) is 16.3. The second kappa shape index (κ2) is 11.0. The number of benzene rings is 3. The maximum absolute atomic E-state index is 12.8. The summed E-state index contributed by atoms with van der Waals surface area (Å²) in [5.74, 6) is -1.04. The van der Waals surface area contributed by atoms with Gasteiger partial charge in [0.1, 0.15) is 13.2 Å². The Morgan fingerprint density at radius 3 is 1.32 bits per heavy atom.